The Kier molecular flexibility index (Phi) is 6.82. The van der Waals surface area contributed by atoms with Crippen molar-refractivity contribution in [2.45, 2.75) is 19.3 Å². The van der Waals surface area contributed by atoms with Gasteiger partial charge in [0.1, 0.15) is 11.6 Å². The molecular weight excluding hydrogens is 395 g/mol. The number of carbonyl (C=O) groups is 1. The zero-order valence-electron chi connectivity index (χ0n) is 16.8. The molecule has 1 aromatic heterocycles. The van der Waals surface area contributed by atoms with Crippen LogP contribution in [-0.2, 0) is 11.2 Å². The Morgan fingerprint density at radius 3 is 2.63 bits per heavy atom. The maximum Gasteiger partial charge on any atom is 0.140 e. The number of halogens is 1. The Morgan fingerprint density at radius 1 is 1.13 bits per heavy atom. The Balaban J connectivity index is 1.28. The van der Waals surface area contributed by atoms with Crippen LogP contribution in [0, 0.1) is 11.7 Å². The zero-order chi connectivity index (χ0) is 20.8. The molecule has 2 aromatic carbocycles. The number of piperidine rings is 1. The molecule has 5 heteroatoms. The molecule has 3 aromatic rings. The predicted molar refractivity (Wildman–Crippen MR) is 121 cm³/mol. The van der Waals surface area contributed by atoms with Crippen molar-refractivity contribution in [2.75, 3.05) is 19.6 Å². The molecule has 0 saturated carbocycles. The molecule has 0 amide bonds. The van der Waals surface area contributed by atoms with Gasteiger partial charge >= 0.3 is 0 Å². The van der Waals surface area contributed by atoms with Gasteiger partial charge in [0.2, 0.25) is 0 Å². The minimum Gasteiger partial charge on any atom is -0.300 e. The number of ketones is 1. The van der Waals surface area contributed by atoms with Gasteiger partial charge in [0.15, 0.2) is 0 Å². The molecule has 0 unspecified atom stereocenters. The Labute approximate surface area is 180 Å². The van der Waals surface area contributed by atoms with Gasteiger partial charge in [-0.3, -0.25) is 9.69 Å². The number of nitrogens with zero attached hydrogens (tertiary/aromatic N) is 2. The molecule has 1 aliphatic rings. The molecule has 0 aliphatic carbocycles. The fourth-order valence-electron chi connectivity index (χ4n) is 3.95. The van der Waals surface area contributed by atoms with Crippen LogP contribution in [0.3, 0.4) is 0 Å². The largest absolute Gasteiger partial charge is 0.300 e. The van der Waals surface area contributed by atoms with E-state index in [0.29, 0.717) is 12.2 Å². The van der Waals surface area contributed by atoms with Crippen LogP contribution in [0.15, 0.2) is 65.5 Å². The van der Waals surface area contributed by atoms with Crippen LogP contribution >= 0.6 is 11.3 Å². The van der Waals surface area contributed by atoms with E-state index in [1.165, 1.54) is 12.1 Å². The first-order chi connectivity index (χ1) is 14.7. The molecule has 2 heterocycles. The van der Waals surface area contributed by atoms with E-state index >= 15 is 0 Å². The second-order valence-electron chi connectivity index (χ2n) is 7.70. The van der Waals surface area contributed by atoms with Crippen molar-refractivity contribution in [3.8, 4) is 11.3 Å². The SMILES string of the molecule is O=C(Cc1ccccc1-c1cscn1)C1CCN(C/C=C/c2ccc(F)cc2)CC1. The highest BCUT2D eigenvalue weighted by Gasteiger charge is 2.25. The fraction of sp³-hybridized carbons (Fsp3) is 0.280. The van der Waals surface area contributed by atoms with Crippen molar-refractivity contribution in [1.82, 2.24) is 9.88 Å². The standard InChI is InChI=1S/C25H25FN2OS/c26-22-9-7-19(8-10-22)4-3-13-28-14-11-20(12-15-28)25(29)16-21-5-1-2-6-23(21)24-17-30-18-27-24/h1-10,17-18,20H,11-16H2/b4-3+. The van der Waals surface area contributed by atoms with E-state index in [1.807, 2.05) is 41.2 Å². The smallest absolute Gasteiger partial charge is 0.140 e. The summed E-state index contributed by atoms with van der Waals surface area (Å²) in [5.74, 6) is 0.248. The number of benzene rings is 2. The Morgan fingerprint density at radius 2 is 1.90 bits per heavy atom. The second-order valence-corrected chi connectivity index (χ2v) is 8.42. The Bertz CT molecular complexity index is 990. The maximum atomic E-state index is 13.0. The quantitative estimate of drug-likeness (QED) is 0.507. The average Bonchev–Trinajstić information content (AvgIpc) is 3.31. The van der Waals surface area contributed by atoms with E-state index in [1.54, 1.807) is 23.5 Å². The zero-order valence-corrected chi connectivity index (χ0v) is 17.7. The van der Waals surface area contributed by atoms with Crippen LogP contribution in [0.5, 0.6) is 0 Å². The molecule has 4 rings (SSSR count). The summed E-state index contributed by atoms with van der Waals surface area (Å²) in [6.07, 6.45) is 6.42. The minimum atomic E-state index is -0.215. The van der Waals surface area contributed by atoms with Gasteiger partial charge in [0.05, 0.1) is 11.2 Å². The van der Waals surface area contributed by atoms with Crippen LogP contribution in [0.1, 0.15) is 24.0 Å². The molecule has 0 radical (unpaired) electrons. The van der Waals surface area contributed by atoms with Gasteiger partial charge in [0.25, 0.3) is 0 Å². The highest BCUT2D eigenvalue weighted by Crippen LogP contribution is 2.26. The molecule has 30 heavy (non-hydrogen) atoms. The average molecular weight is 421 g/mol. The van der Waals surface area contributed by atoms with Crippen molar-refractivity contribution < 1.29 is 9.18 Å². The lowest BCUT2D eigenvalue weighted by atomic mass is 9.88. The van der Waals surface area contributed by atoms with Crippen molar-refractivity contribution in [3.63, 3.8) is 0 Å². The molecule has 1 saturated heterocycles. The van der Waals surface area contributed by atoms with E-state index in [0.717, 1.165) is 54.9 Å². The lowest BCUT2D eigenvalue weighted by molar-refractivity contribution is -0.123. The maximum absolute atomic E-state index is 13.0. The van der Waals surface area contributed by atoms with Crippen LogP contribution < -0.4 is 0 Å². The number of hydrogen-bond donors (Lipinski definition) is 0. The number of likely N-dealkylation sites (tertiary alicyclic amines) is 1. The third-order valence-electron chi connectivity index (χ3n) is 5.68. The van der Waals surface area contributed by atoms with Gasteiger partial charge in [-0.1, -0.05) is 48.6 Å². The first-order valence-electron chi connectivity index (χ1n) is 10.3. The van der Waals surface area contributed by atoms with Crippen molar-refractivity contribution >= 4 is 23.2 Å². The van der Waals surface area contributed by atoms with Crippen molar-refractivity contribution in [3.05, 3.63) is 82.4 Å². The lowest BCUT2D eigenvalue weighted by Crippen LogP contribution is -2.36. The van der Waals surface area contributed by atoms with Crippen LogP contribution in [0.2, 0.25) is 0 Å². The van der Waals surface area contributed by atoms with Crippen molar-refractivity contribution in [1.29, 1.82) is 0 Å². The van der Waals surface area contributed by atoms with E-state index in [2.05, 4.69) is 16.0 Å². The number of carbonyl (C=O) groups excluding carboxylic acids is 1. The summed E-state index contributed by atoms with van der Waals surface area (Å²) in [5, 5.41) is 2.03. The van der Waals surface area contributed by atoms with Gasteiger partial charge in [-0.25, -0.2) is 9.37 Å². The number of Topliss-reactive ketones (excluding diaryl/α,β-unsaturated/α-hetero) is 1. The van der Waals surface area contributed by atoms with E-state index in [9.17, 15) is 9.18 Å². The first kappa shape index (κ1) is 20.6. The lowest BCUT2D eigenvalue weighted by Gasteiger charge is -2.30. The van der Waals surface area contributed by atoms with Crippen molar-refractivity contribution in [2.24, 2.45) is 5.92 Å². The molecule has 1 aliphatic heterocycles. The van der Waals surface area contributed by atoms with E-state index in [-0.39, 0.29) is 11.7 Å². The van der Waals surface area contributed by atoms with Gasteiger partial charge in [-0.05, 0) is 49.2 Å². The number of hydrogen-bond acceptors (Lipinski definition) is 4. The molecule has 0 spiro atoms. The summed E-state index contributed by atoms with van der Waals surface area (Å²) >= 11 is 1.57. The summed E-state index contributed by atoms with van der Waals surface area (Å²) in [4.78, 5) is 19.7. The fourth-order valence-corrected chi connectivity index (χ4v) is 4.50. The second kappa shape index (κ2) is 9.92. The normalized spacial score (nSPS) is 15.6. The summed E-state index contributed by atoms with van der Waals surface area (Å²) in [5.41, 5.74) is 5.91. The van der Waals surface area contributed by atoms with Gasteiger partial charge in [-0.15, -0.1) is 11.3 Å². The van der Waals surface area contributed by atoms with E-state index in [4.69, 9.17) is 0 Å². The molecule has 0 bridgehead atoms. The minimum absolute atomic E-state index is 0.130. The highest BCUT2D eigenvalue weighted by molar-refractivity contribution is 7.07. The Hall–Kier alpha value is -2.63. The van der Waals surface area contributed by atoms with Crippen LogP contribution in [0.4, 0.5) is 4.39 Å². The third kappa shape index (κ3) is 5.29. The highest BCUT2D eigenvalue weighted by atomic mass is 32.1. The molecule has 3 nitrogen and oxygen atoms in total. The molecule has 0 N–H and O–H groups in total. The summed E-state index contributed by atoms with van der Waals surface area (Å²) in [6.45, 7) is 2.71. The third-order valence-corrected chi connectivity index (χ3v) is 6.26. The number of thiazole rings is 1. The molecule has 154 valence electrons. The monoisotopic (exact) mass is 420 g/mol. The summed E-state index contributed by atoms with van der Waals surface area (Å²) < 4.78 is 13.0. The first-order valence-corrected chi connectivity index (χ1v) is 11.3. The number of aromatic nitrogens is 1. The van der Waals surface area contributed by atoms with Crippen LogP contribution in [0.25, 0.3) is 17.3 Å². The van der Waals surface area contributed by atoms with Crippen LogP contribution in [-0.4, -0.2) is 35.3 Å². The molecule has 0 atom stereocenters. The van der Waals surface area contributed by atoms with Gasteiger partial charge in [-0.2, -0.15) is 0 Å². The van der Waals surface area contributed by atoms with Gasteiger partial charge in [0, 0.05) is 29.8 Å². The topological polar surface area (TPSA) is 33.2 Å². The summed E-state index contributed by atoms with van der Waals surface area (Å²) in [7, 11) is 0. The molecular formula is C25H25FN2OS. The number of rotatable bonds is 7. The molecule has 1 fully saturated rings. The van der Waals surface area contributed by atoms with E-state index < -0.39 is 0 Å². The van der Waals surface area contributed by atoms with Gasteiger partial charge < -0.3 is 0 Å². The predicted octanol–water partition coefficient (Wildman–Crippen LogP) is 5.49. The summed E-state index contributed by atoms with van der Waals surface area (Å²) in [6, 6.07) is 14.6.